The van der Waals surface area contributed by atoms with Crippen molar-refractivity contribution in [2.24, 2.45) is 0 Å². The summed E-state index contributed by atoms with van der Waals surface area (Å²) in [6.07, 6.45) is 2.12. The molecule has 1 saturated heterocycles. The van der Waals surface area contributed by atoms with Crippen LogP contribution in [0, 0.1) is 6.92 Å². The van der Waals surface area contributed by atoms with Gasteiger partial charge in [-0.3, -0.25) is 0 Å². The van der Waals surface area contributed by atoms with Crippen LogP contribution in [-0.4, -0.2) is 43.9 Å². The average molecular weight is 392 g/mol. The number of aryl methyl sites for hydroxylation is 1. The summed E-state index contributed by atoms with van der Waals surface area (Å²) in [5.41, 5.74) is 2.85. The molecule has 142 valence electrons. The number of anilines is 2. The Kier molecular flexibility index (Phi) is 4.40. The normalized spacial score (nSPS) is 15.2. The van der Waals surface area contributed by atoms with Crippen LogP contribution in [0.2, 0.25) is 0 Å². The first kappa shape index (κ1) is 17.1. The molecule has 4 aromatic rings. The molecule has 0 bridgehead atoms. The van der Waals surface area contributed by atoms with Gasteiger partial charge < -0.3 is 10.2 Å². The Hall–Kier alpha value is -3.00. The molecular formula is C20H21N7S. The second kappa shape index (κ2) is 7.20. The summed E-state index contributed by atoms with van der Waals surface area (Å²) in [7, 11) is 0. The maximum Gasteiger partial charge on any atom is 0.185 e. The van der Waals surface area contributed by atoms with E-state index in [1.807, 2.05) is 53.9 Å². The molecule has 1 fully saturated rings. The highest BCUT2D eigenvalue weighted by molar-refractivity contribution is 7.13. The highest BCUT2D eigenvalue weighted by Crippen LogP contribution is 2.24. The lowest BCUT2D eigenvalue weighted by atomic mass is 10.1. The maximum absolute atomic E-state index is 4.83. The van der Waals surface area contributed by atoms with Crippen LogP contribution in [0.1, 0.15) is 18.5 Å². The third-order valence-electron chi connectivity index (χ3n) is 5.05. The van der Waals surface area contributed by atoms with Crippen molar-refractivity contribution in [3.63, 3.8) is 0 Å². The number of hydrogen-bond acceptors (Lipinski definition) is 7. The fraction of sp³-hybridized carbons (Fsp3) is 0.300. The Morgan fingerprint density at radius 3 is 2.61 bits per heavy atom. The van der Waals surface area contributed by atoms with E-state index in [0.29, 0.717) is 6.04 Å². The van der Waals surface area contributed by atoms with E-state index in [1.165, 1.54) is 0 Å². The highest BCUT2D eigenvalue weighted by Gasteiger charge is 2.21. The van der Waals surface area contributed by atoms with Gasteiger partial charge in [0.15, 0.2) is 16.6 Å². The van der Waals surface area contributed by atoms with Crippen LogP contribution in [0.5, 0.6) is 0 Å². The zero-order chi connectivity index (χ0) is 18.9. The van der Waals surface area contributed by atoms with Gasteiger partial charge in [-0.1, -0.05) is 30.3 Å². The molecule has 28 heavy (non-hydrogen) atoms. The smallest absolute Gasteiger partial charge is 0.185 e. The molecule has 5 rings (SSSR count). The number of nitrogens with zero attached hydrogens (tertiary/aromatic N) is 6. The van der Waals surface area contributed by atoms with E-state index < -0.39 is 0 Å². The first-order valence-electron chi connectivity index (χ1n) is 9.48. The molecule has 0 atom stereocenters. The van der Waals surface area contributed by atoms with Crippen molar-refractivity contribution in [2.45, 2.75) is 25.8 Å². The topological polar surface area (TPSA) is 71.2 Å². The van der Waals surface area contributed by atoms with Gasteiger partial charge in [0.05, 0.1) is 5.69 Å². The minimum Gasteiger partial charge on any atom is -0.359 e. The average Bonchev–Trinajstić information content (AvgIpc) is 3.34. The van der Waals surface area contributed by atoms with Gasteiger partial charge in [0.25, 0.3) is 0 Å². The first-order chi connectivity index (χ1) is 13.8. The van der Waals surface area contributed by atoms with Gasteiger partial charge in [0.1, 0.15) is 5.82 Å². The van der Waals surface area contributed by atoms with E-state index >= 15 is 0 Å². The second-order valence-corrected chi connectivity index (χ2v) is 7.91. The summed E-state index contributed by atoms with van der Waals surface area (Å²) in [5, 5.41) is 20.1. The van der Waals surface area contributed by atoms with Crippen LogP contribution in [-0.2, 0) is 0 Å². The monoisotopic (exact) mass is 391 g/mol. The predicted octanol–water partition coefficient (Wildman–Crippen LogP) is 3.64. The Morgan fingerprint density at radius 1 is 1.04 bits per heavy atom. The molecule has 1 aromatic carbocycles. The zero-order valence-electron chi connectivity index (χ0n) is 15.6. The van der Waals surface area contributed by atoms with Crippen molar-refractivity contribution >= 4 is 27.9 Å². The quantitative estimate of drug-likeness (QED) is 0.573. The van der Waals surface area contributed by atoms with Crippen LogP contribution in [0.25, 0.3) is 17.0 Å². The number of benzene rings is 1. The number of nitrogens with one attached hydrogen (secondary N) is 1. The molecule has 0 spiro atoms. The molecule has 0 radical (unpaired) electrons. The summed E-state index contributed by atoms with van der Waals surface area (Å²) >= 11 is 1.68. The summed E-state index contributed by atoms with van der Waals surface area (Å²) < 4.78 is 1.84. The minimum atomic E-state index is 0.459. The third-order valence-corrected chi connectivity index (χ3v) is 5.94. The molecule has 0 unspecified atom stereocenters. The molecule has 3 aromatic heterocycles. The van der Waals surface area contributed by atoms with Crippen LogP contribution < -0.4 is 10.2 Å². The van der Waals surface area contributed by atoms with Gasteiger partial charge in [-0.05, 0) is 31.9 Å². The fourth-order valence-corrected chi connectivity index (χ4v) is 4.33. The minimum absolute atomic E-state index is 0.459. The first-order valence-corrected chi connectivity index (χ1v) is 10.4. The molecule has 1 aliphatic rings. The number of fused-ring (bicyclic) bond motifs is 1. The van der Waals surface area contributed by atoms with Crippen molar-refractivity contribution in [2.75, 3.05) is 23.3 Å². The molecule has 8 heteroatoms. The Morgan fingerprint density at radius 2 is 1.86 bits per heavy atom. The summed E-state index contributed by atoms with van der Waals surface area (Å²) in [4.78, 5) is 6.85. The van der Waals surface area contributed by atoms with Crippen LogP contribution in [0.15, 0.2) is 47.8 Å². The Labute approximate surface area is 167 Å². The molecular weight excluding hydrogens is 370 g/mol. The number of hydrogen-bond donors (Lipinski definition) is 1. The van der Waals surface area contributed by atoms with Crippen molar-refractivity contribution < 1.29 is 0 Å². The van der Waals surface area contributed by atoms with E-state index in [9.17, 15) is 0 Å². The molecule has 1 N–H and O–H groups in total. The van der Waals surface area contributed by atoms with Crippen LogP contribution in [0.3, 0.4) is 0 Å². The summed E-state index contributed by atoms with van der Waals surface area (Å²) in [5.74, 6) is 1.74. The molecule has 7 nitrogen and oxygen atoms in total. The number of rotatable bonds is 4. The van der Waals surface area contributed by atoms with Gasteiger partial charge >= 0.3 is 0 Å². The van der Waals surface area contributed by atoms with Gasteiger partial charge in [0, 0.05) is 30.1 Å². The summed E-state index contributed by atoms with van der Waals surface area (Å²) in [6, 6.07) is 14.5. The Balaban J connectivity index is 1.33. The van der Waals surface area contributed by atoms with Gasteiger partial charge in [-0.25, -0.2) is 4.98 Å². The van der Waals surface area contributed by atoms with Crippen molar-refractivity contribution in [3.05, 3.63) is 53.5 Å². The fourth-order valence-electron chi connectivity index (χ4n) is 3.56. The molecule has 0 amide bonds. The number of aromatic nitrogens is 5. The van der Waals surface area contributed by atoms with Crippen molar-refractivity contribution in [3.8, 4) is 11.4 Å². The van der Waals surface area contributed by atoms with Crippen LogP contribution in [0.4, 0.5) is 10.9 Å². The van der Waals surface area contributed by atoms with Crippen molar-refractivity contribution in [1.29, 1.82) is 0 Å². The van der Waals surface area contributed by atoms with E-state index in [2.05, 4.69) is 30.8 Å². The molecule has 4 heterocycles. The lowest BCUT2D eigenvalue weighted by Gasteiger charge is -2.33. The Bertz CT molecular complexity index is 1080. The van der Waals surface area contributed by atoms with Gasteiger partial charge in [-0.15, -0.1) is 26.6 Å². The van der Waals surface area contributed by atoms with E-state index in [0.717, 1.165) is 59.6 Å². The van der Waals surface area contributed by atoms with E-state index in [-0.39, 0.29) is 0 Å². The summed E-state index contributed by atoms with van der Waals surface area (Å²) in [6.45, 7) is 3.95. The molecule has 1 aliphatic heterocycles. The zero-order valence-corrected chi connectivity index (χ0v) is 16.4. The molecule has 0 saturated carbocycles. The van der Waals surface area contributed by atoms with E-state index in [4.69, 9.17) is 5.10 Å². The van der Waals surface area contributed by atoms with Gasteiger partial charge in [0.2, 0.25) is 0 Å². The lowest BCUT2D eigenvalue weighted by Crippen LogP contribution is -2.39. The van der Waals surface area contributed by atoms with Crippen LogP contribution >= 0.6 is 11.3 Å². The van der Waals surface area contributed by atoms with Gasteiger partial charge in [-0.2, -0.15) is 4.52 Å². The largest absolute Gasteiger partial charge is 0.359 e. The van der Waals surface area contributed by atoms with Crippen molar-refractivity contribution in [1.82, 2.24) is 24.8 Å². The predicted molar refractivity (Wildman–Crippen MR) is 112 cm³/mol. The standard InChI is InChI=1S/C20H21N7S/c1-14-13-28-20(21-14)22-16-9-11-26(12-10-16)18-8-7-17-23-24-19(27(17)25-18)15-5-3-2-4-6-15/h2-8,13,16H,9-12H2,1H3,(H,21,22). The SMILES string of the molecule is Cc1csc(NC2CCN(c3ccc4nnc(-c5ccccc5)n4n3)CC2)n1. The number of piperidine rings is 1. The third kappa shape index (κ3) is 3.31. The lowest BCUT2D eigenvalue weighted by molar-refractivity contribution is 0.521. The van der Waals surface area contributed by atoms with E-state index in [1.54, 1.807) is 11.3 Å². The number of thiazole rings is 1. The second-order valence-electron chi connectivity index (χ2n) is 7.05. The highest BCUT2D eigenvalue weighted by atomic mass is 32.1. The maximum atomic E-state index is 4.83. The molecule has 0 aliphatic carbocycles.